The van der Waals surface area contributed by atoms with E-state index in [1.165, 1.54) is 122 Å². The molecule has 3 heteroatoms. The van der Waals surface area contributed by atoms with Gasteiger partial charge in [-0.25, -0.2) is 0 Å². The lowest BCUT2D eigenvalue weighted by atomic mass is 9.94. The van der Waals surface area contributed by atoms with Gasteiger partial charge in [-0.2, -0.15) is 0 Å². The summed E-state index contributed by atoms with van der Waals surface area (Å²) >= 11 is 0. The van der Waals surface area contributed by atoms with Crippen molar-refractivity contribution in [3.8, 4) is 11.8 Å². The molecule has 1 heterocycles. The smallest absolute Gasteiger partial charge is 0.0827 e. The van der Waals surface area contributed by atoms with Crippen molar-refractivity contribution in [2.45, 2.75) is 169 Å². The summed E-state index contributed by atoms with van der Waals surface area (Å²) in [5.74, 6) is 8.52. The first-order chi connectivity index (χ1) is 17.2. The molecule has 1 aromatic rings. The van der Waals surface area contributed by atoms with Gasteiger partial charge in [0.25, 0.3) is 0 Å². The zero-order valence-electron chi connectivity index (χ0n) is 24.1. The van der Waals surface area contributed by atoms with Crippen molar-refractivity contribution < 1.29 is 0 Å². The molecule has 0 amide bonds. The molecule has 0 saturated heterocycles. The standard InChI is InChI=1S/C32H59N3/c1-5-9-13-19-26-31(25-18-12-8-4)28-35-29-32(33-34-35)27-21-15-14-20-24-30(22-16-10-6-2)23-17-11-7-3/h29-31H,5-19,21-23,25-28H2,1-4H3. The van der Waals surface area contributed by atoms with Gasteiger partial charge in [0.1, 0.15) is 0 Å². The number of aryl methyl sites for hydroxylation is 1. The Balaban J connectivity index is 2.37. The minimum atomic E-state index is 0.625. The molecule has 35 heavy (non-hydrogen) atoms. The maximum absolute atomic E-state index is 4.48. The van der Waals surface area contributed by atoms with Crippen LogP contribution >= 0.6 is 0 Å². The molecule has 0 aliphatic heterocycles. The van der Waals surface area contributed by atoms with Crippen molar-refractivity contribution in [3.05, 3.63) is 11.9 Å². The summed E-state index contributed by atoms with van der Waals surface area (Å²) in [6.45, 7) is 10.2. The lowest BCUT2D eigenvalue weighted by Crippen LogP contribution is -2.12. The monoisotopic (exact) mass is 485 g/mol. The fourth-order valence-electron chi connectivity index (χ4n) is 4.98. The van der Waals surface area contributed by atoms with Crippen LogP contribution in [0.25, 0.3) is 0 Å². The number of hydrogen-bond donors (Lipinski definition) is 0. The van der Waals surface area contributed by atoms with Crippen LogP contribution < -0.4 is 0 Å². The molecule has 0 spiro atoms. The van der Waals surface area contributed by atoms with Crippen molar-refractivity contribution in [1.29, 1.82) is 0 Å². The quantitative estimate of drug-likeness (QED) is 0.114. The van der Waals surface area contributed by atoms with E-state index in [0.717, 1.165) is 31.0 Å². The van der Waals surface area contributed by atoms with Gasteiger partial charge in [-0.3, -0.25) is 4.68 Å². The minimum Gasteiger partial charge on any atom is -0.252 e. The molecule has 1 unspecified atom stereocenters. The van der Waals surface area contributed by atoms with E-state index < -0.39 is 0 Å². The Morgan fingerprint density at radius 3 is 1.89 bits per heavy atom. The third kappa shape index (κ3) is 17.7. The predicted molar refractivity (Wildman–Crippen MR) is 154 cm³/mol. The lowest BCUT2D eigenvalue weighted by molar-refractivity contribution is 0.342. The van der Waals surface area contributed by atoms with Crippen LogP contribution in [-0.4, -0.2) is 15.0 Å². The summed E-state index contributed by atoms with van der Waals surface area (Å²) in [7, 11) is 0. The topological polar surface area (TPSA) is 30.7 Å². The summed E-state index contributed by atoms with van der Waals surface area (Å²) in [5, 5.41) is 8.96. The van der Waals surface area contributed by atoms with E-state index >= 15 is 0 Å². The van der Waals surface area contributed by atoms with E-state index in [0.29, 0.717) is 5.92 Å². The highest BCUT2D eigenvalue weighted by Gasteiger charge is 2.11. The molecule has 0 aliphatic carbocycles. The number of rotatable bonds is 23. The van der Waals surface area contributed by atoms with Crippen molar-refractivity contribution in [1.82, 2.24) is 15.0 Å². The van der Waals surface area contributed by atoms with Crippen LogP contribution in [0.1, 0.15) is 162 Å². The van der Waals surface area contributed by atoms with E-state index in [1.807, 2.05) is 0 Å². The van der Waals surface area contributed by atoms with Crippen LogP contribution in [0, 0.1) is 23.7 Å². The molecule has 0 N–H and O–H groups in total. The van der Waals surface area contributed by atoms with Gasteiger partial charge in [0, 0.05) is 25.1 Å². The number of unbranched alkanes of at least 4 members (excludes halogenated alkanes) is 11. The van der Waals surface area contributed by atoms with Crippen LogP contribution in [0.4, 0.5) is 0 Å². The van der Waals surface area contributed by atoms with Gasteiger partial charge < -0.3 is 0 Å². The van der Waals surface area contributed by atoms with E-state index in [2.05, 4.69) is 60.7 Å². The Morgan fingerprint density at radius 2 is 1.26 bits per heavy atom. The Kier molecular flexibility index (Phi) is 21.0. The van der Waals surface area contributed by atoms with Crippen molar-refractivity contribution >= 4 is 0 Å². The Morgan fingerprint density at radius 1 is 0.686 bits per heavy atom. The molecule has 0 aliphatic rings. The Bertz CT molecular complexity index is 629. The van der Waals surface area contributed by atoms with Gasteiger partial charge in [0.2, 0.25) is 0 Å². The van der Waals surface area contributed by atoms with Crippen LogP contribution in [0.3, 0.4) is 0 Å². The molecule has 202 valence electrons. The summed E-state index contributed by atoms with van der Waals surface area (Å²) < 4.78 is 2.13. The van der Waals surface area contributed by atoms with Gasteiger partial charge >= 0.3 is 0 Å². The normalized spacial score (nSPS) is 12.1. The Hall–Kier alpha value is -1.30. The predicted octanol–water partition coefficient (Wildman–Crippen LogP) is 9.94. The summed E-state index contributed by atoms with van der Waals surface area (Å²) in [6, 6.07) is 0. The van der Waals surface area contributed by atoms with E-state index in [4.69, 9.17) is 0 Å². The van der Waals surface area contributed by atoms with Gasteiger partial charge in [-0.1, -0.05) is 122 Å². The SMILES string of the molecule is CCCCCCC(CCCCC)Cn1cc(CCCCC#CC(CCCCC)CCCCC)nn1. The molecule has 1 rings (SSSR count). The maximum Gasteiger partial charge on any atom is 0.0827 e. The maximum atomic E-state index is 4.48. The van der Waals surface area contributed by atoms with Crippen molar-refractivity contribution in [2.75, 3.05) is 0 Å². The first kappa shape index (κ1) is 31.7. The molecule has 3 nitrogen and oxygen atoms in total. The molecule has 0 radical (unpaired) electrons. The number of aromatic nitrogens is 3. The largest absolute Gasteiger partial charge is 0.252 e. The van der Waals surface area contributed by atoms with E-state index in [-0.39, 0.29) is 0 Å². The summed E-state index contributed by atoms with van der Waals surface area (Å²) in [5.41, 5.74) is 1.16. The van der Waals surface area contributed by atoms with Gasteiger partial charge in [0.15, 0.2) is 0 Å². The lowest BCUT2D eigenvalue weighted by Gasteiger charge is -2.16. The number of nitrogens with zero attached hydrogens (tertiary/aromatic N) is 3. The first-order valence-electron chi connectivity index (χ1n) is 15.6. The number of hydrogen-bond acceptors (Lipinski definition) is 2. The van der Waals surface area contributed by atoms with Gasteiger partial charge in [-0.05, 0) is 50.9 Å². The Labute approximate surface area is 219 Å². The van der Waals surface area contributed by atoms with Crippen LogP contribution in [0.2, 0.25) is 0 Å². The van der Waals surface area contributed by atoms with Crippen LogP contribution in [0.15, 0.2) is 6.20 Å². The van der Waals surface area contributed by atoms with Crippen molar-refractivity contribution in [3.63, 3.8) is 0 Å². The molecule has 0 aromatic carbocycles. The van der Waals surface area contributed by atoms with Gasteiger partial charge in [-0.15, -0.1) is 11.0 Å². The molecule has 0 bridgehead atoms. The molecular weight excluding hydrogens is 426 g/mol. The second-order valence-electron chi connectivity index (χ2n) is 10.9. The van der Waals surface area contributed by atoms with Crippen LogP contribution in [0.5, 0.6) is 0 Å². The first-order valence-corrected chi connectivity index (χ1v) is 15.6. The second kappa shape index (κ2) is 23.1. The summed E-state index contributed by atoms with van der Waals surface area (Å²) in [4.78, 5) is 0. The summed E-state index contributed by atoms with van der Waals surface area (Å²) in [6.07, 6.45) is 29.3. The zero-order chi connectivity index (χ0) is 25.4. The highest BCUT2D eigenvalue weighted by molar-refractivity contribution is 5.04. The zero-order valence-corrected chi connectivity index (χ0v) is 24.1. The molecular formula is C32H59N3. The average molecular weight is 486 g/mol. The molecule has 1 atom stereocenters. The fourth-order valence-corrected chi connectivity index (χ4v) is 4.98. The highest BCUT2D eigenvalue weighted by atomic mass is 15.4. The van der Waals surface area contributed by atoms with E-state index in [1.54, 1.807) is 0 Å². The third-order valence-electron chi connectivity index (χ3n) is 7.32. The second-order valence-corrected chi connectivity index (χ2v) is 10.9. The van der Waals surface area contributed by atoms with Gasteiger partial charge in [0.05, 0.1) is 5.69 Å². The van der Waals surface area contributed by atoms with E-state index in [9.17, 15) is 0 Å². The molecule has 1 aromatic heterocycles. The fraction of sp³-hybridized carbons (Fsp3) is 0.875. The third-order valence-corrected chi connectivity index (χ3v) is 7.32. The molecule has 0 fully saturated rings. The van der Waals surface area contributed by atoms with Crippen LogP contribution in [-0.2, 0) is 13.0 Å². The van der Waals surface area contributed by atoms with Crippen molar-refractivity contribution in [2.24, 2.45) is 11.8 Å². The minimum absolute atomic E-state index is 0.625. The molecule has 0 saturated carbocycles. The highest BCUT2D eigenvalue weighted by Crippen LogP contribution is 2.20. The average Bonchev–Trinajstić information content (AvgIpc) is 3.31.